The van der Waals surface area contributed by atoms with Crippen molar-refractivity contribution in [2.24, 2.45) is 0 Å². The zero-order valence-electron chi connectivity index (χ0n) is 15.8. The van der Waals surface area contributed by atoms with Crippen LogP contribution in [0.3, 0.4) is 0 Å². The molecule has 0 unspecified atom stereocenters. The van der Waals surface area contributed by atoms with Crippen LogP contribution in [0.25, 0.3) is 22.4 Å². The quantitative estimate of drug-likeness (QED) is 0.420. The molecule has 0 bridgehead atoms. The summed E-state index contributed by atoms with van der Waals surface area (Å²) in [6.07, 6.45) is 0. The van der Waals surface area contributed by atoms with Crippen molar-refractivity contribution < 1.29 is 13.2 Å². The molecule has 0 aliphatic carbocycles. The van der Waals surface area contributed by atoms with Crippen molar-refractivity contribution in [3.63, 3.8) is 0 Å². The molecule has 4 rings (SSSR count). The molecule has 3 N–H and O–H groups in total. The fourth-order valence-electron chi connectivity index (χ4n) is 2.99. The molecule has 0 radical (unpaired) electrons. The van der Waals surface area contributed by atoms with Crippen LogP contribution in [0.2, 0.25) is 5.02 Å². The van der Waals surface area contributed by atoms with Crippen LogP contribution in [0, 0.1) is 0 Å². The van der Waals surface area contributed by atoms with E-state index in [0.29, 0.717) is 33.3 Å². The number of amides is 1. The molecule has 0 saturated carbocycles. The monoisotopic (exact) mass is 440 g/mol. The summed E-state index contributed by atoms with van der Waals surface area (Å²) in [4.78, 5) is 18.9. The van der Waals surface area contributed by atoms with Crippen LogP contribution < -0.4 is 10.0 Å². The summed E-state index contributed by atoms with van der Waals surface area (Å²) in [6.45, 7) is 1.38. The smallest absolute Gasteiger partial charge is 0.261 e. The predicted molar refractivity (Wildman–Crippen MR) is 118 cm³/mol. The Morgan fingerprint density at radius 1 is 1.00 bits per heavy atom. The van der Waals surface area contributed by atoms with Gasteiger partial charge in [-0.25, -0.2) is 13.4 Å². The Labute approximate surface area is 178 Å². The Morgan fingerprint density at radius 3 is 2.40 bits per heavy atom. The Bertz CT molecular complexity index is 1350. The van der Waals surface area contributed by atoms with E-state index in [1.165, 1.54) is 31.2 Å². The summed E-state index contributed by atoms with van der Waals surface area (Å²) in [7, 11) is -3.80. The van der Waals surface area contributed by atoms with E-state index in [1.54, 1.807) is 24.3 Å². The standard InChI is InChI=1S/C21H17ClN4O3S/c1-13(27)23-14-6-9-16(10-7-14)30(28,29)26-15-8-11-19-20(12-15)25-21(24-19)17-4-2-3-5-18(17)22/h2-12,26H,1H3,(H,23,27)(H,24,25). The number of sulfonamides is 1. The number of halogens is 1. The third-order valence-corrected chi connectivity index (χ3v) is 6.07. The second-order valence-electron chi connectivity index (χ2n) is 6.61. The normalized spacial score (nSPS) is 11.4. The third-order valence-electron chi connectivity index (χ3n) is 4.35. The molecule has 30 heavy (non-hydrogen) atoms. The molecular formula is C21H17ClN4O3S. The fraction of sp³-hybridized carbons (Fsp3) is 0.0476. The van der Waals surface area contributed by atoms with Crippen LogP contribution in [0.15, 0.2) is 71.6 Å². The summed E-state index contributed by atoms with van der Waals surface area (Å²) in [5, 5.41) is 3.17. The molecule has 7 nitrogen and oxygen atoms in total. The van der Waals surface area contributed by atoms with Crippen molar-refractivity contribution in [1.29, 1.82) is 0 Å². The van der Waals surface area contributed by atoms with Crippen molar-refractivity contribution in [3.05, 3.63) is 71.8 Å². The Hall–Kier alpha value is -3.36. The van der Waals surface area contributed by atoms with Gasteiger partial charge in [0.1, 0.15) is 5.82 Å². The van der Waals surface area contributed by atoms with Crippen LogP contribution in [0.5, 0.6) is 0 Å². The van der Waals surface area contributed by atoms with E-state index in [2.05, 4.69) is 20.0 Å². The predicted octanol–water partition coefficient (Wildman–Crippen LogP) is 4.64. The fourth-order valence-corrected chi connectivity index (χ4v) is 4.26. The number of imidazole rings is 1. The summed E-state index contributed by atoms with van der Waals surface area (Å²) >= 11 is 6.24. The lowest BCUT2D eigenvalue weighted by atomic mass is 10.2. The molecule has 0 saturated heterocycles. The second kappa shape index (κ2) is 7.81. The van der Waals surface area contributed by atoms with Crippen LogP contribution in [0.4, 0.5) is 11.4 Å². The number of carbonyl (C=O) groups excluding carboxylic acids is 1. The zero-order valence-corrected chi connectivity index (χ0v) is 17.4. The van der Waals surface area contributed by atoms with Gasteiger partial charge in [-0.05, 0) is 54.6 Å². The van der Waals surface area contributed by atoms with Gasteiger partial charge in [-0.15, -0.1) is 0 Å². The van der Waals surface area contributed by atoms with Gasteiger partial charge in [0.15, 0.2) is 0 Å². The number of rotatable bonds is 5. The van der Waals surface area contributed by atoms with Crippen molar-refractivity contribution >= 4 is 49.9 Å². The van der Waals surface area contributed by atoms with E-state index in [4.69, 9.17) is 11.6 Å². The summed E-state index contributed by atoms with van der Waals surface area (Å²) in [5.74, 6) is 0.372. The highest BCUT2D eigenvalue weighted by molar-refractivity contribution is 7.92. The minimum absolute atomic E-state index is 0.0815. The molecular weight excluding hydrogens is 424 g/mol. The maximum absolute atomic E-state index is 12.7. The van der Waals surface area contributed by atoms with Gasteiger partial charge >= 0.3 is 0 Å². The molecule has 9 heteroatoms. The molecule has 0 spiro atoms. The first-order valence-corrected chi connectivity index (χ1v) is 10.8. The highest BCUT2D eigenvalue weighted by Gasteiger charge is 2.15. The van der Waals surface area contributed by atoms with E-state index in [9.17, 15) is 13.2 Å². The number of nitrogens with zero attached hydrogens (tertiary/aromatic N) is 1. The lowest BCUT2D eigenvalue weighted by Gasteiger charge is -2.09. The lowest BCUT2D eigenvalue weighted by Crippen LogP contribution is -2.13. The molecule has 0 aliphatic rings. The van der Waals surface area contributed by atoms with Gasteiger partial charge < -0.3 is 10.3 Å². The number of aromatic nitrogens is 2. The van der Waals surface area contributed by atoms with Crippen LogP contribution in [0.1, 0.15) is 6.92 Å². The second-order valence-corrected chi connectivity index (χ2v) is 8.70. The number of hydrogen-bond acceptors (Lipinski definition) is 4. The van der Waals surface area contributed by atoms with Gasteiger partial charge in [-0.3, -0.25) is 9.52 Å². The van der Waals surface area contributed by atoms with E-state index in [0.717, 1.165) is 5.56 Å². The molecule has 1 heterocycles. The molecule has 0 atom stereocenters. The van der Waals surface area contributed by atoms with Gasteiger partial charge in [0.05, 0.1) is 26.6 Å². The SMILES string of the molecule is CC(=O)Nc1ccc(S(=O)(=O)Nc2ccc3nc(-c4ccccc4Cl)[nH]c3c2)cc1. The highest BCUT2D eigenvalue weighted by atomic mass is 35.5. The number of hydrogen-bond donors (Lipinski definition) is 3. The highest BCUT2D eigenvalue weighted by Crippen LogP contribution is 2.28. The van der Waals surface area contributed by atoms with Gasteiger partial charge in [0.2, 0.25) is 5.91 Å². The number of aromatic amines is 1. The number of nitrogens with one attached hydrogen (secondary N) is 3. The van der Waals surface area contributed by atoms with Crippen LogP contribution >= 0.6 is 11.6 Å². The van der Waals surface area contributed by atoms with Gasteiger partial charge in [0.25, 0.3) is 10.0 Å². The van der Waals surface area contributed by atoms with E-state index >= 15 is 0 Å². The number of H-pyrrole nitrogens is 1. The van der Waals surface area contributed by atoms with Crippen molar-refractivity contribution in [1.82, 2.24) is 9.97 Å². The maximum Gasteiger partial charge on any atom is 0.261 e. The molecule has 0 fully saturated rings. The van der Waals surface area contributed by atoms with E-state index in [1.807, 2.05) is 18.2 Å². The topological polar surface area (TPSA) is 104 Å². The van der Waals surface area contributed by atoms with Gasteiger partial charge in [-0.2, -0.15) is 0 Å². The first-order valence-electron chi connectivity index (χ1n) is 8.97. The Kier molecular flexibility index (Phi) is 5.19. The summed E-state index contributed by atoms with van der Waals surface area (Å²) < 4.78 is 28.0. The van der Waals surface area contributed by atoms with E-state index < -0.39 is 10.0 Å². The minimum Gasteiger partial charge on any atom is -0.338 e. The lowest BCUT2D eigenvalue weighted by molar-refractivity contribution is -0.114. The largest absolute Gasteiger partial charge is 0.338 e. The average Bonchev–Trinajstić information content (AvgIpc) is 3.11. The third kappa shape index (κ3) is 4.14. The maximum atomic E-state index is 12.7. The number of anilines is 2. The zero-order chi connectivity index (χ0) is 21.3. The number of fused-ring (bicyclic) bond motifs is 1. The van der Waals surface area contributed by atoms with Gasteiger partial charge in [-0.1, -0.05) is 23.7 Å². The van der Waals surface area contributed by atoms with Crippen molar-refractivity contribution in [2.75, 3.05) is 10.0 Å². The summed E-state index contributed by atoms with van der Waals surface area (Å²) in [6, 6.07) is 18.3. The molecule has 4 aromatic rings. The van der Waals surface area contributed by atoms with Crippen molar-refractivity contribution in [3.8, 4) is 11.4 Å². The Balaban J connectivity index is 1.60. The number of carbonyl (C=O) groups is 1. The first-order chi connectivity index (χ1) is 14.3. The first kappa shape index (κ1) is 19.9. The molecule has 1 amide bonds. The van der Waals surface area contributed by atoms with Crippen LogP contribution in [-0.2, 0) is 14.8 Å². The molecule has 1 aromatic heterocycles. The van der Waals surface area contributed by atoms with Crippen molar-refractivity contribution in [2.45, 2.75) is 11.8 Å². The minimum atomic E-state index is -3.80. The Morgan fingerprint density at radius 2 is 1.70 bits per heavy atom. The molecule has 3 aromatic carbocycles. The van der Waals surface area contributed by atoms with Crippen LogP contribution in [-0.4, -0.2) is 24.3 Å². The molecule has 152 valence electrons. The average molecular weight is 441 g/mol. The summed E-state index contributed by atoms with van der Waals surface area (Å²) in [5.41, 5.74) is 3.03. The van der Waals surface area contributed by atoms with Gasteiger partial charge in [0, 0.05) is 18.2 Å². The number of benzene rings is 3. The molecule has 0 aliphatic heterocycles. The van der Waals surface area contributed by atoms with E-state index in [-0.39, 0.29) is 10.8 Å².